The molecule has 2 aromatic rings. The highest BCUT2D eigenvalue weighted by atomic mass is 35.5. The molecule has 0 heterocycles. The highest BCUT2D eigenvalue weighted by Crippen LogP contribution is 2.40. The zero-order chi connectivity index (χ0) is 11.9. The summed E-state index contributed by atoms with van der Waals surface area (Å²) in [5.41, 5.74) is 9.93. The number of halogens is 1. The van der Waals surface area contributed by atoms with Crippen molar-refractivity contribution in [1.82, 2.24) is 0 Å². The van der Waals surface area contributed by atoms with Crippen molar-refractivity contribution in [3.8, 4) is 0 Å². The Kier molecular flexibility index (Phi) is 2.46. The summed E-state index contributed by atoms with van der Waals surface area (Å²) in [6.45, 7) is 0. The third-order valence-corrected chi connectivity index (χ3v) is 3.86. The third-order valence-electron chi connectivity index (χ3n) is 3.63. The van der Waals surface area contributed by atoms with E-state index in [2.05, 4.69) is 30.3 Å². The number of hydrogen-bond donors (Lipinski definition) is 1. The number of rotatable bonds is 1. The van der Waals surface area contributed by atoms with Crippen LogP contribution < -0.4 is 5.73 Å². The lowest BCUT2D eigenvalue weighted by atomic mass is 9.85. The van der Waals surface area contributed by atoms with Crippen LogP contribution in [0.2, 0.25) is 5.02 Å². The van der Waals surface area contributed by atoms with Gasteiger partial charge in [0.1, 0.15) is 0 Å². The van der Waals surface area contributed by atoms with E-state index in [1.165, 1.54) is 11.1 Å². The van der Waals surface area contributed by atoms with Gasteiger partial charge in [-0.25, -0.2) is 0 Å². The van der Waals surface area contributed by atoms with E-state index < -0.39 is 0 Å². The largest absolute Gasteiger partial charge is 0.318 e. The molecule has 0 fully saturated rings. The molecule has 0 saturated carbocycles. The molecule has 2 N–H and O–H groups in total. The van der Waals surface area contributed by atoms with Crippen LogP contribution in [0.4, 0.5) is 0 Å². The predicted molar refractivity (Wildman–Crippen MR) is 71.2 cm³/mol. The maximum atomic E-state index is 6.60. The standard InChI is InChI=1S/C15H14ClN/c16-13-6-3-5-12(10-13)15(17)9-8-11-4-1-2-7-14(11)15/h1-7,10H,8-9,17H2. The van der Waals surface area contributed by atoms with Gasteiger partial charge in [-0.15, -0.1) is 0 Å². The van der Waals surface area contributed by atoms with Gasteiger partial charge in [-0.05, 0) is 41.7 Å². The molecular formula is C15H14ClN. The molecule has 2 heteroatoms. The molecule has 1 nitrogen and oxygen atoms in total. The molecule has 0 saturated heterocycles. The van der Waals surface area contributed by atoms with Gasteiger partial charge in [-0.2, -0.15) is 0 Å². The fourth-order valence-electron chi connectivity index (χ4n) is 2.71. The van der Waals surface area contributed by atoms with E-state index in [1.807, 2.05) is 18.2 Å². The first kappa shape index (κ1) is 10.8. The van der Waals surface area contributed by atoms with Crippen molar-refractivity contribution in [3.63, 3.8) is 0 Å². The smallest absolute Gasteiger partial charge is 0.0671 e. The van der Waals surface area contributed by atoms with Crippen molar-refractivity contribution >= 4 is 11.6 Å². The molecule has 0 aliphatic heterocycles. The van der Waals surface area contributed by atoms with E-state index in [-0.39, 0.29) is 5.54 Å². The fourth-order valence-corrected chi connectivity index (χ4v) is 2.90. The summed E-state index contributed by atoms with van der Waals surface area (Å²) >= 11 is 6.06. The van der Waals surface area contributed by atoms with Gasteiger partial charge in [-0.1, -0.05) is 48.0 Å². The van der Waals surface area contributed by atoms with E-state index in [4.69, 9.17) is 17.3 Å². The van der Waals surface area contributed by atoms with Gasteiger partial charge in [0.2, 0.25) is 0 Å². The maximum Gasteiger partial charge on any atom is 0.0671 e. The van der Waals surface area contributed by atoms with Crippen LogP contribution in [-0.4, -0.2) is 0 Å². The first-order chi connectivity index (χ1) is 8.20. The van der Waals surface area contributed by atoms with Crippen molar-refractivity contribution in [2.24, 2.45) is 5.73 Å². The Labute approximate surface area is 106 Å². The number of nitrogens with two attached hydrogens (primary N) is 1. The summed E-state index contributed by atoms with van der Waals surface area (Å²) in [5.74, 6) is 0. The molecule has 86 valence electrons. The van der Waals surface area contributed by atoms with Gasteiger partial charge in [0.25, 0.3) is 0 Å². The zero-order valence-electron chi connectivity index (χ0n) is 9.49. The minimum atomic E-state index is -0.374. The summed E-state index contributed by atoms with van der Waals surface area (Å²) in [6, 6.07) is 16.3. The molecule has 1 aliphatic carbocycles. The summed E-state index contributed by atoms with van der Waals surface area (Å²) in [5, 5.41) is 0.747. The Bertz CT molecular complexity index is 564. The minimum absolute atomic E-state index is 0.374. The summed E-state index contributed by atoms with van der Waals surface area (Å²) in [4.78, 5) is 0. The minimum Gasteiger partial charge on any atom is -0.318 e. The Morgan fingerprint density at radius 2 is 1.88 bits per heavy atom. The average Bonchev–Trinajstić information content (AvgIpc) is 2.69. The number of fused-ring (bicyclic) bond motifs is 1. The van der Waals surface area contributed by atoms with Crippen LogP contribution in [0.15, 0.2) is 48.5 Å². The molecule has 0 spiro atoms. The van der Waals surface area contributed by atoms with Crippen LogP contribution in [0.3, 0.4) is 0 Å². The van der Waals surface area contributed by atoms with Crippen molar-refractivity contribution < 1.29 is 0 Å². The monoisotopic (exact) mass is 243 g/mol. The summed E-state index contributed by atoms with van der Waals surface area (Å²) < 4.78 is 0. The van der Waals surface area contributed by atoms with E-state index >= 15 is 0 Å². The molecule has 0 bridgehead atoms. The van der Waals surface area contributed by atoms with Crippen LogP contribution in [0, 0.1) is 0 Å². The predicted octanol–water partition coefficient (Wildman–Crippen LogP) is 3.49. The quantitative estimate of drug-likeness (QED) is 0.815. The van der Waals surface area contributed by atoms with Gasteiger partial charge in [0.05, 0.1) is 5.54 Å². The molecule has 0 radical (unpaired) electrons. The topological polar surface area (TPSA) is 26.0 Å². The molecule has 0 amide bonds. The number of benzene rings is 2. The molecule has 2 aromatic carbocycles. The van der Waals surface area contributed by atoms with E-state index in [0.29, 0.717) is 0 Å². The van der Waals surface area contributed by atoms with E-state index in [1.54, 1.807) is 0 Å². The molecule has 1 atom stereocenters. The van der Waals surface area contributed by atoms with Crippen LogP contribution in [0.5, 0.6) is 0 Å². The number of aryl methyl sites for hydroxylation is 1. The van der Waals surface area contributed by atoms with Gasteiger partial charge in [-0.3, -0.25) is 0 Å². The molecular weight excluding hydrogens is 230 g/mol. The van der Waals surface area contributed by atoms with Crippen LogP contribution in [-0.2, 0) is 12.0 Å². The Hall–Kier alpha value is -1.31. The van der Waals surface area contributed by atoms with Crippen LogP contribution >= 0.6 is 11.6 Å². The lowest BCUT2D eigenvalue weighted by Crippen LogP contribution is -2.35. The van der Waals surface area contributed by atoms with Crippen LogP contribution in [0.1, 0.15) is 23.1 Å². The highest BCUT2D eigenvalue weighted by molar-refractivity contribution is 6.30. The van der Waals surface area contributed by atoms with Crippen molar-refractivity contribution in [2.45, 2.75) is 18.4 Å². The second kappa shape index (κ2) is 3.86. The summed E-state index contributed by atoms with van der Waals surface area (Å²) in [6.07, 6.45) is 1.99. The number of hydrogen-bond acceptors (Lipinski definition) is 1. The highest BCUT2D eigenvalue weighted by Gasteiger charge is 2.36. The van der Waals surface area contributed by atoms with Crippen molar-refractivity contribution in [3.05, 3.63) is 70.2 Å². The van der Waals surface area contributed by atoms with Gasteiger partial charge in [0, 0.05) is 5.02 Å². The van der Waals surface area contributed by atoms with Crippen molar-refractivity contribution in [1.29, 1.82) is 0 Å². The molecule has 17 heavy (non-hydrogen) atoms. The Morgan fingerprint density at radius 1 is 1.06 bits per heavy atom. The first-order valence-corrected chi connectivity index (χ1v) is 6.21. The Balaban J connectivity index is 2.15. The van der Waals surface area contributed by atoms with Gasteiger partial charge in [0.15, 0.2) is 0 Å². The maximum absolute atomic E-state index is 6.60. The van der Waals surface area contributed by atoms with Gasteiger partial charge < -0.3 is 5.73 Å². The first-order valence-electron chi connectivity index (χ1n) is 5.83. The molecule has 1 unspecified atom stereocenters. The molecule has 3 rings (SSSR count). The van der Waals surface area contributed by atoms with E-state index in [0.717, 1.165) is 23.4 Å². The average molecular weight is 244 g/mol. The molecule has 0 aromatic heterocycles. The zero-order valence-corrected chi connectivity index (χ0v) is 10.2. The third kappa shape index (κ3) is 1.67. The lowest BCUT2D eigenvalue weighted by molar-refractivity contribution is 0.535. The van der Waals surface area contributed by atoms with Crippen molar-refractivity contribution in [2.75, 3.05) is 0 Å². The molecule has 1 aliphatic rings. The second-order valence-electron chi connectivity index (χ2n) is 4.64. The summed E-state index contributed by atoms with van der Waals surface area (Å²) in [7, 11) is 0. The lowest BCUT2D eigenvalue weighted by Gasteiger charge is -2.26. The fraction of sp³-hybridized carbons (Fsp3) is 0.200. The van der Waals surface area contributed by atoms with Crippen LogP contribution in [0.25, 0.3) is 0 Å². The second-order valence-corrected chi connectivity index (χ2v) is 5.08. The Morgan fingerprint density at radius 3 is 2.71 bits per heavy atom. The van der Waals surface area contributed by atoms with E-state index in [9.17, 15) is 0 Å². The SMILES string of the molecule is NC1(c2cccc(Cl)c2)CCc2ccccc21. The van der Waals surface area contributed by atoms with Gasteiger partial charge >= 0.3 is 0 Å². The normalized spacial score (nSPS) is 22.5.